The number of nitrogens with two attached hydrogens (primary N) is 1. The Morgan fingerprint density at radius 3 is 2.53 bits per heavy atom. The van der Waals surface area contributed by atoms with Crippen LogP contribution in [0.1, 0.15) is 16.0 Å². The molecule has 0 radical (unpaired) electrons. The van der Waals surface area contributed by atoms with Crippen LogP contribution >= 0.6 is 11.3 Å². The molecule has 0 saturated heterocycles. The van der Waals surface area contributed by atoms with Crippen LogP contribution in [0.5, 0.6) is 0 Å². The van der Waals surface area contributed by atoms with Crippen molar-refractivity contribution in [3.05, 3.63) is 34.2 Å². The van der Waals surface area contributed by atoms with E-state index < -0.39 is 0 Å². The summed E-state index contributed by atoms with van der Waals surface area (Å²) in [5, 5.41) is 1.02. The fraction of sp³-hybridized carbons (Fsp3) is 0.250. The second-order valence-corrected chi connectivity index (χ2v) is 4.98. The summed E-state index contributed by atoms with van der Waals surface area (Å²) in [6.07, 6.45) is 0. The number of benzene rings is 1. The van der Waals surface area contributed by atoms with Crippen LogP contribution in [0, 0.1) is 20.8 Å². The van der Waals surface area contributed by atoms with Crippen molar-refractivity contribution >= 4 is 17.2 Å². The largest absolute Gasteiger partial charge is 0.383 e. The number of thiazole rings is 1. The van der Waals surface area contributed by atoms with E-state index in [0.29, 0.717) is 5.82 Å². The highest BCUT2D eigenvalue weighted by atomic mass is 32.1. The molecule has 2 rings (SSSR count). The Morgan fingerprint density at radius 1 is 1.20 bits per heavy atom. The standard InChI is InChI=1S/C12H14N2S/c1-7-4-5-8(2)10(6-7)12-14-11(13)9(3)15-12/h4-6H,13H2,1-3H3. The highest BCUT2D eigenvalue weighted by Crippen LogP contribution is 2.31. The number of aryl methyl sites for hydroxylation is 3. The number of aromatic nitrogens is 1. The number of rotatable bonds is 1. The predicted molar refractivity (Wildman–Crippen MR) is 66.2 cm³/mol. The first kappa shape index (κ1) is 10.2. The molecule has 2 N–H and O–H groups in total. The molecule has 0 spiro atoms. The molecule has 1 heterocycles. The maximum atomic E-state index is 5.77. The fourth-order valence-corrected chi connectivity index (χ4v) is 2.40. The topological polar surface area (TPSA) is 38.9 Å². The molecule has 0 aliphatic heterocycles. The molecule has 1 aromatic carbocycles. The molecule has 0 bridgehead atoms. The van der Waals surface area contributed by atoms with Gasteiger partial charge in [0.05, 0.1) is 0 Å². The van der Waals surface area contributed by atoms with Crippen LogP contribution in [0.15, 0.2) is 18.2 Å². The van der Waals surface area contributed by atoms with Gasteiger partial charge in [0.2, 0.25) is 0 Å². The molecular formula is C12H14N2S. The minimum Gasteiger partial charge on any atom is -0.383 e. The second-order valence-electron chi connectivity index (χ2n) is 3.78. The monoisotopic (exact) mass is 218 g/mol. The van der Waals surface area contributed by atoms with Crippen molar-refractivity contribution in [3.63, 3.8) is 0 Å². The van der Waals surface area contributed by atoms with E-state index in [9.17, 15) is 0 Å². The molecule has 78 valence electrons. The Kier molecular flexibility index (Phi) is 2.49. The zero-order valence-electron chi connectivity index (χ0n) is 9.16. The van der Waals surface area contributed by atoms with Crippen LogP contribution < -0.4 is 5.73 Å². The van der Waals surface area contributed by atoms with Crippen LogP contribution in [-0.4, -0.2) is 4.98 Å². The summed E-state index contributed by atoms with van der Waals surface area (Å²) < 4.78 is 0. The van der Waals surface area contributed by atoms with E-state index in [1.807, 2.05) is 6.92 Å². The maximum Gasteiger partial charge on any atom is 0.138 e. The van der Waals surface area contributed by atoms with Gasteiger partial charge in [-0.25, -0.2) is 4.98 Å². The molecular weight excluding hydrogens is 204 g/mol. The molecule has 0 aliphatic rings. The van der Waals surface area contributed by atoms with Crippen molar-refractivity contribution in [1.82, 2.24) is 4.98 Å². The van der Waals surface area contributed by atoms with Gasteiger partial charge in [0.25, 0.3) is 0 Å². The lowest BCUT2D eigenvalue weighted by Crippen LogP contribution is -1.87. The molecule has 0 fully saturated rings. The first-order valence-electron chi connectivity index (χ1n) is 4.88. The summed E-state index contributed by atoms with van der Waals surface area (Å²) in [7, 11) is 0. The van der Waals surface area contributed by atoms with Crippen molar-refractivity contribution in [2.45, 2.75) is 20.8 Å². The summed E-state index contributed by atoms with van der Waals surface area (Å²) in [5.74, 6) is 0.649. The zero-order valence-corrected chi connectivity index (χ0v) is 9.98. The summed E-state index contributed by atoms with van der Waals surface area (Å²) in [5.41, 5.74) is 9.46. The van der Waals surface area contributed by atoms with Gasteiger partial charge < -0.3 is 5.73 Å². The van der Waals surface area contributed by atoms with Gasteiger partial charge in [-0.1, -0.05) is 17.7 Å². The molecule has 1 aromatic heterocycles. The third-order valence-electron chi connectivity index (χ3n) is 2.46. The van der Waals surface area contributed by atoms with Gasteiger partial charge in [-0.05, 0) is 32.4 Å². The van der Waals surface area contributed by atoms with E-state index in [4.69, 9.17) is 5.73 Å². The van der Waals surface area contributed by atoms with Gasteiger partial charge in [0, 0.05) is 10.4 Å². The second kappa shape index (κ2) is 3.66. The Balaban J connectivity index is 2.58. The zero-order chi connectivity index (χ0) is 11.0. The van der Waals surface area contributed by atoms with E-state index >= 15 is 0 Å². The Bertz CT molecular complexity index is 481. The van der Waals surface area contributed by atoms with Gasteiger partial charge in [-0.2, -0.15) is 0 Å². The molecule has 2 nitrogen and oxygen atoms in total. The SMILES string of the molecule is Cc1ccc(C)c(-c2nc(N)c(C)s2)c1. The van der Waals surface area contributed by atoms with Gasteiger partial charge in [-0.3, -0.25) is 0 Å². The summed E-state index contributed by atoms with van der Waals surface area (Å²) in [4.78, 5) is 5.47. The number of nitrogens with zero attached hydrogens (tertiary/aromatic N) is 1. The summed E-state index contributed by atoms with van der Waals surface area (Å²) >= 11 is 1.65. The van der Waals surface area contributed by atoms with Crippen LogP contribution in [-0.2, 0) is 0 Å². The van der Waals surface area contributed by atoms with Crippen molar-refractivity contribution < 1.29 is 0 Å². The van der Waals surface area contributed by atoms with E-state index in [1.54, 1.807) is 11.3 Å². The average Bonchev–Trinajstić information content (AvgIpc) is 2.51. The number of hydrogen-bond acceptors (Lipinski definition) is 3. The van der Waals surface area contributed by atoms with Gasteiger partial charge >= 0.3 is 0 Å². The van der Waals surface area contributed by atoms with Crippen LogP contribution in [0.4, 0.5) is 5.82 Å². The lowest BCUT2D eigenvalue weighted by Gasteiger charge is -2.02. The number of hydrogen-bond donors (Lipinski definition) is 1. The predicted octanol–water partition coefficient (Wildman–Crippen LogP) is 3.32. The molecule has 0 aliphatic carbocycles. The Labute approximate surface area is 93.8 Å². The van der Waals surface area contributed by atoms with Crippen LogP contribution in [0.2, 0.25) is 0 Å². The van der Waals surface area contributed by atoms with E-state index in [-0.39, 0.29) is 0 Å². The molecule has 15 heavy (non-hydrogen) atoms. The summed E-state index contributed by atoms with van der Waals surface area (Å²) in [6, 6.07) is 6.40. The normalized spacial score (nSPS) is 10.6. The third-order valence-corrected chi connectivity index (χ3v) is 3.48. The lowest BCUT2D eigenvalue weighted by molar-refractivity contribution is 1.34. The Morgan fingerprint density at radius 2 is 1.93 bits per heavy atom. The molecule has 0 amide bonds. The van der Waals surface area contributed by atoms with Gasteiger partial charge in [0.1, 0.15) is 10.8 Å². The minimum atomic E-state index is 0.649. The van der Waals surface area contributed by atoms with Gasteiger partial charge in [-0.15, -0.1) is 11.3 Å². The van der Waals surface area contributed by atoms with Gasteiger partial charge in [0.15, 0.2) is 0 Å². The van der Waals surface area contributed by atoms with E-state index in [1.165, 1.54) is 16.7 Å². The molecule has 0 atom stereocenters. The van der Waals surface area contributed by atoms with Crippen molar-refractivity contribution in [3.8, 4) is 10.6 Å². The lowest BCUT2D eigenvalue weighted by atomic mass is 10.1. The highest BCUT2D eigenvalue weighted by molar-refractivity contribution is 7.15. The first-order valence-corrected chi connectivity index (χ1v) is 5.70. The summed E-state index contributed by atoms with van der Waals surface area (Å²) in [6.45, 7) is 6.19. The highest BCUT2D eigenvalue weighted by Gasteiger charge is 2.09. The van der Waals surface area contributed by atoms with Crippen molar-refractivity contribution in [2.75, 3.05) is 5.73 Å². The molecule has 0 unspecified atom stereocenters. The quantitative estimate of drug-likeness (QED) is 0.797. The van der Waals surface area contributed by atoms with Crippen molar-refractivity contribution in [1.29, 1.82) is 0 Å². The van der Waals surface area contributed by atoms with Crippen molar-refractivity contribution in [2.24, 2.45) is 0 Å². The Hall–Kier alpha value is -1.35. The number of anilines is 1. The minimum absolute atomic E-state index is 0.649. The molecule has 3 heteroatoms. The van der Waals surface area contributed by atoms with E-state index in [0.717, 1.165) is 9.88 Å². The molecule has 2 aromatic rings. The van der Waals surface area contributed by atoms with Crippen LogP contribution in [0.25, 0.3) is 10.6 Å². The fourth-order valence-electron chi connectivity index (χ4n) is 1.49. The average molecular weight is 218 g/mol. The van der Waals surface area contributed by atoms with Crippen LogP contribution in [0.3, 0.4) is 0 Å². The maximum absolute atomic E-state index is 5.77. The number of nitrogen functional groups attached to an aromatic ring is 1. The first-order chi connectivity index (χ1) is 7.08. The smallest absolute Gasteiger partial charge is 0.138 e. The third kappa shape index (κ3) is 1.88. The molecule has 0 saturated carbocycles. The van der Waals surface area contributed by atoms with E-state index in [2.05, 4.69) is 37.0 Å².